The highest BCUT2D eigenvalue weighted by Crippen LogP contribution is 2.69. The van der Waals surface area contributed by atoms with Crippen molar-refractivity contribution in [3.05, 3.63) is 65.5 Å². The fraction of sp³-hybridized carbons (Fsp3) is 0.629. The summed E-state index contributed by atoms with van der Waals surface area (Å²) in [4.78, 5) is 4.39. The highest BCUT2D eigenvalue weighted by Gasteiger charge is 2.66. The second-order valence-corrected chi connectivity index (χ2v) is 13.3. The van der Waals surface area contributed by atoms with Crippen molar-refractivity contribution < 1.29 is 18.9 Å². The van der Waals surface area contributed by atoms with Gasteiger partial charge >= 0.3 is 0 Å². The van der Waals surface area contributed by atoms with E-state index >= 15 is 0 Å². The Morgan fingerprint density at radius 1 is 1.00 bits per heavy atom. The van der Waals surface area contributed by atoms with Gasteiger partial charge in [-0.05, 0) is 103 Å². The second-order valence-electron chi connectivity index (χ2n) is 13.3. The first-order valence-electron chi connectivity index (χ1n) is 15.9. The van der Waals surface area contributed by atoms with Crippen LogP contribution in [0.5, 0.6) is 0 Å². The molecule has 41 heavy (non-hydrogen) atoms. The van der Waals surface area contributed by atoms with Gasteiger partial charge in [0.25, 0.3) is 0 Å². The maximum atomic E-state index is 7.49. The minimum absolute atomic E-state index is 0.0890. The Balaban J connectivity index is 1.02. The van der Waals surface area contributed by atoms with Gasteiger partial charge in [-0.1, -0.05) is 31.2 Å². The van der Waals surface area contributed by atoms with Gasteiger partial charge in [0.1, 0.15) is 0 Å². The lowest BCUT2D eigenvalue weighted by Crippen LogP contribution is -2.55. The lowest BCUT2D eigenvalue weighted by Gasteiger charge is -2.54. The molecule has 5 aliphatic rings. The van der Waals surface area contributed by atoms with E-state index in [1.165, 1.54) is 41.2 Å². The Morgan fingerprint density at radius 2 is 1.88 bits per heavy atom. The molecule has 1 N–H and O–H groups in total. The normalized spacial score (nSPS) is 35.5. The van der Waals surface area contributed by atoms with Gasteiger partial charge in [-0.2, -0.15) is 0 Å². The van der Waals surface area contributed by atoms with Crippen molar-refractivity contribution in [2.45, 2.75) is 81.5 Å². The van der Waals surface area contributed by atoms with Gasteiger partial charge < -0.3 is 24.3 Å². The highest BCUT2D eigenvalue weighted by molar-refractivity contribution is 5.82. The lowest BCUT2D eigenvalue weighted by atomic mass is 9.58. The molecule has 2 saturated carbocycles. The summed E-state index contributed by atoms with van der Waals surface area (Å²) in [6.07, 6.45) is 18.4. The Bertz CT molecular complexity index is 1320. The average molecular weight is 559 g/mol. The quantitative estimate of drug-likeness (QED) is 0.336. The van der Waals surface area contributed by atoms with Gasteiger partial charge in [0.15, 0.2) is 0 Å². The number of nitrogens with zero attached hydrogens (tertiary/aromatic N) is 1. The third-order valence-electron chi connectivity index (χ3n) is 11.2. The summed E-state index contributed by atoms with van der Waals surface area (Å²) < 4.78 is 23.8. The zero-order valence-electron chi connectivity index (χ0n) is 24.8. The zero-order chi connectivity index (χ0) is 27.9. The Kier molecular flexibility index (Phi) is 7.57. The van der Waals surface area contributed by atoms with Crippen LogP contribution in [0.2, 0.25) is 0 Å². The number of aromatic nitrogens is 1. The van der Waals surface area contributed by atoms with Crippen molar-refractivity contribution in [3.8, 4) is 0 Å². The molecule has 1 aromatic carbocycles. The first kappa shape index (κ1) is 27.7. The van der Waals surface area contributed by atoms with Crippen molar-refractivity contribution in [1.29, 1.82) is 0 Å². The van der Waals surface area contributed by atoms with E-state index in [2.05, 4.69) is 53.6 Å². The lowest BCUT2D eigenvalue weighted by molar-refractivity contribution is -0.136. The maximum absolute atomic E-state index is 7.49. The molecule has 2 bridgehead atoms. The number of methoxy groups -OCH3 is 1. The summed E-state index contributed by atoms with van der Waals surface area (Å²) in [6.45, 7) is 6.65. The van der Waals surface area contributed by atoms with Crippen molar-refractivity contribution >= 4 is 10.8 Å². The number of allylic oxidation sites excluding steroid dienone is 1. The molecule has 3 aliphatic carbocycles. The number of fused-ring (bicyclic) bond motifs is 2. The van der Waals surface area contributed by atoms with E-state index in [0.717, 1.165) is 38.6 Å². The molecule has 1 saturated heterocycles. The summed E-state index contributed by atoms with van der Waals surface area (Å²) in [5, 5.41) is 6.33. The third kappa shape index (κ3) is 4.80. The minimum Gasteiger partial charge on any atom is -0.382 e. The van der Waals surface area contributed by atoms with Gasteiger partial charge in [-0.15, -0.1) is 0 Å². The largest absolute Gasteiger partial charge is 0.382 e. The number of hydrogen-bond donors (Lipinski definition) is 1. The topological polar surface area (TPSA) is 61.8 Å². The molecule has 7 rings (SSSR count). The molecule has 0 amide bonds. The number of rotatable bonds is 11. The fourth-order valence-corrected chi connectivity index (χ4v) is 9.25. The van der Waals surface area contributed by atoms with E-state index in [-0.39, 0.29) is 16.6 Å². The SMILES string of the molecule is COCCOCCOCCNC1CCC2=CC3=CCC4(C)C(c5ccc6ccncc6c5)CCC4C34CCC2(C1)O4. The van der Waals surface area contributed by atoms with E-state index in [1.807, 2.05) is 12.4 Å². The van der Waals surface area contributed by atoms with Crippen LogP contribution in [0.4, 0.5) is 0 Å². The molecule has 6 atom stereocenters. The minimum atomic E-state index is -0.114. The Morgan fingerprint density at radius 3 is 2.78 bits per heavy atom. The van der Waals surface area contributed by atoms with Crippen molar-refractivity contribution in [3.63, 3.8) is 0 Å². The summed E-state index contributed by atoms with van der Waals surface area (Å²) >= 11 is 0. The van der Waals surface area contributed by atoms with E-state index < -0.39 is 0 Å². The monoisotopic (exact) mass is 558 g/mol. The molecular weight excluding hydrogens is 512 g/mol. The molecule has 2 aliphatic heterocycles. The van der Waals surface area contributed by atoms with Crippen LogP contribution in [0.15, 0.2) is 60.0 Å². The van der Waals surface area contributed by atoms with E-state index in [9.17, 15) is 0 Å². The number of nitrogens with one attached hydrogen (secondary N) is 1. The number of hydrogen-bond acceptors (Lipinski definition) is 6. The van der Waals surface area contributed by atoms with Crippen LogP contribution in [-0.4, -0.2) is 68.9 Å². The third-order valence-corrected chi connectivity index (χ3v) is 11.2. The van der Waals surface area contributed by atoms with Crippen LogP contribution in [0, 0.1) is 11.3 Å². The van der Waals surface area contributed by atoms with Gasteiger partial charge in [-0.3, -0.25) is 4.98 Å². The highest BCUT2D eigenvalue weighted by atomic mass is 16.5. The van der Waals surface area contributed by atoms with Gasteiger partial charge in [-0.25, -0.2) is 0 Å². The molecule has 2 spiro atoms. The molecular formula is C35H46N2O4. The Labute approximate surface area is 244 Å². The summed E-state index contributed by atoms with van der Waals surface area (Å²) in [5.41, 5.74) is 4.55. The molecule has 6 nitrogen and oxygen atoms in total. The van der Waals surface area contributed by atoms with Crippen molar-refractivity contribution in [1.82, 2.24) is 10.3 Å². The summed E-state index contributed by atoms with van der Waals surface area (Å²) in [6, 6.07) is 9.67. The number of benzene rings is 1. The standard InChI is InChI=1S/C35H46N2O4/c1-33-11-9-29-22-28-5-6-30(37-15-16-39-19-20-40-18-17-38-2)23-34(28)12-13-35(29,41-34)32(33)8-7-31(33)26-4-3-25-10-14-36-24-27(25)21-26/h3-4,9-10,14,21-22,24,30-32,37H,5-8,11-13,15-20,23H2,1-2H3. The number of ether oxygens (including phenoxy) is 4. The average Bonchev–Trinajstić information content (AvgIpc) is 3.51. The van der Waals surface area contributed by atoms with Gasteiger partial charge in [0.05, 0.1) is 44.2 Å². The van der Waals surface area contributed by atoms with Crippen LogP contribution >= 0.6 is 0 Å². The Hall–Kier alpha value is -2.09. The van der Waals surface area contributed by atoms with E-state index in [4.69, 9.17) is 18.9 Å². The summed E-state index contributed by atoms with van der Waals surface area (Å²) in [7, 11) is 1.69. The van der Waals surface area contributed by atoms with Crippen LogP contribution in [0.25, 0.3) is 10.8 Å². The second kappa shape index (κ2) is 11.2. The first-order valence-corrected chi connectivity index (χ1v) is 15.9. The molecule has 2 aromatic rings. The van der Waals surface area contributed by atoms with Crippen molar-refractivity contribution in [2.24, 2.45) is 11.3 Å². The fourth-order valence-electron chi connectivity index (χ4n) is 9.25. The van der Waals surface area contributed by atoms with E-state index in [0.29, 0.717) is 50.9 Å². The van der Waals surface area contributed by atoms with E-state index in [1.54, 1.807) is 12.7 Å². The van der Waals surface area contributed by atoms with Gasteiger partial charge in [0.2, 0.25) is 0 Å². The predicted octanol–water partition coefficient (Wildman–Crippen LogP) is 6.11. The molecule has 220 valence electrons. The zero-order valence-corrected chi connectivity index (χ0v) is 24.8. The first-order chi connectivity index (χ1) is 20.1. The van der Waals surface area contributed by atoms with Crippen LogP contribution < -0.4 is 5.32 Å². The predicted molar refractivity (Wildman–Crippen MR) is 161 cm³/mol. The number of pyridine rings is 1. The van der Waals surface area contributed by atoms with Gasteiger partial charge in [0, 0.05) is 37.5 Å². The summed E-state index contributed by atoms with van der Waals surface area (Å²) in [5.74, 6) is 1.12. The molecule has 1 aromatic heterocycles. The molecule has 3 heterocycles. The van der Waals surface area contributed by atoms with Crippen molar-refractivity contribution in [2.75, 3.05) is 46.7 Å². The smallest absolute Gasteiger partial charge is 0.0974 e. The molecule has 3 fully saturated rings. The molecule has 6 unspecified atom stereocenters. The molecule has 6 heteroatoms. The van der Waals surface area contributed by atoms with Crippen LogP contribution in [0.1, 0.15) is 69.8 Å². The maximum Gasteiger partial charge on any atom is 0.0974 e. The van der Waals surface area contributed by atoms with Crippen LogP contribution in [0.3, 0.4) is 0 Å². The van der Waals surface area contributed by atoms with Crippen LogP contribution in [-0.2, 0) is 18.9 Å². The molecule has 0 radical (unpaired) electrons.